The van der Waals surface area contributed by atoms with Crippen molar-refractivity contribution in [3.63, 3.8) is 0 Å². The van der Waals surface area contributed by atoms with Crippen LogP contribution in [0.3, 0.4) is 0 Å². The first kappa shape index (κ1) is 16.4. The Hall–Kier alpha value is -2.96. The Labute approximate surface area is 131 Å². The van der Waals surface area contributed by atoms with Crippen molar-refractivity contribution in [1.29, 1.82) is 0 Å². The first-order valence-corrected chi connectivity index (χ1v) is 6.82. The second kappa shape index (κ2) is 6.87. The third-order valence-electron chi connectivity index (χ3n) is 3.37. The molecule has 0 aliphatic carbocycles. The van der Waals surface area contributed by atoms with Gasteiger partial charge in [-0.1, -0.05) is 18.2 Å². The van der Waals surface area contributed by atoms with Crippen molar-refractivity contribution in [2.45, 2.75) is 12.5 Å². The van der Waals surface area contributed by atoms with Crippen LogP contribution in [0.4, 0.5) is 4.39 Å². The van der Waals surface area contributed by atoms with Gasteiger partial charge >= 0.3 is 5.97 Å². The van der Waals surface area contributed by atoms with Crippen LogP contribution in [0.1, 0.15) is 28.5 Å². The van der Waals surface area contributed by atoms with Crippen LogP contribution < -0.4 is 10.9 Å². The lowest BCUT2D eigenvalue weighted by Gasteiger charge is -2.18. The Morgan fingerprint density at radius 1 is 1.22 bits per heavy atom. The highest BCUT2D eigenvalue weighted by Gasteiger charge is 2.20. The molecule has 0 spiro atoms. The van der Waals surface area contributed by atoms with E-state index in [9.17, 15) is 18.8 Å². The smallest absolute Gasteiger partial charge is 0.305 e. The molecule has 0 saturated heterocycles. The number of hydrogen-bond donors (Lipinski definition) is 2. The molecule has 1 aromatic heterocycles. The summed E-state index contributed by atoms with van der Waals surface area (Å²) in [6.45, 7) is 0. The maximum absolute atomic E-state index is 13.0. The molecule has 1 atom stereocenters. The molecule has 1 unspecified atom stereocenters. The summed E-state index contributed by atoms with van der Waals surface area (Å²) in [7, 11) is 1.45. The number of aliphatic carboxylic acids is 1. The van der Waals surface area contributed by atoms with Crippen molar-refractivity contribution in [2.24, 2.45) is 7.05 Å². The number of amides is 1. The van der Waals surface area contributed by atoms with Crippen molar-refractivity contribution >= 4 is 11.9 Å². The second-order valence-electron chi connectivity index (χ2n) is 4.98. The lowest BCUT2D eigenvalue weighted by atomic mass is 10.0. The summed E-state index contributed by atoms with van der Waals surface area (Å²) in [6, 6.07) is 8.58. The standard InChI is InChI=1S/C16H15FN2O4/c1-19-13(3-2-4-14(19)20)16(23)18-12(9-15(21)22)10-5-7-11(17)8-6-10/h2-8,12H,9H2,1H3,(H,18,23)(H,21,22). The van der Waals surface area contributed by atoms with Gasteiger partial charge in [-0.2, -0.15) is 0 Å². The summed E-state index contributed by atoms with van der Waals surface area (Å²) in [5.41, 5.74) is 0.215. The number of carboxylic acids is 1. The Balaban J connectivity index is 2.28. The fourth-order valence-electron chi connectivity index (χ4n) is 2.15. The molecule has 1 heterocycles. The zero-order chi connectivity index (χ0) is 17.0. The largest absolute Gasteiger partial charge is 0.481 e. The summed E-state index contributed by atoms with van der Waals surface area (Å²) in [4.78, 5) is 34.9. The molecule has 1 aromatic carbocycles. The highest BCUT2D eigenvalue weighted by atomic mass is 19.1. The molecule has 23 heavy (non-hydrogen) atoms. The van der Waals surface area contributed by atoms with Crippen molar-refractivity contribution < 1.29 is 19.1 Å². The number of halogens is 1. The molecule has 0 radical (unpaired) electrons. The van der Waals surface area contributed by atoms with E-state index in [2.05, 4.69) is 5.32 Å². The molecule has 0 aliphatic rings. The second-order valence-corrected chi connectivity index (χ2v) is 4.98. The molecule has 0 aliphatic heterocycles. The predicted molar refractivity (Wildman–Crippen MR) is 80.5 cm³/mol. The molecule has 2 N–H and O–H groups in total. The van der Waals surface area contributed by atoms with Crippen LogP contribution in [-0.2, 0) is 11.8 Å². The van der Waals surface area contributed by atoms with E-state index in [-0.39, 0.29) is 17.7 Å². The first-order chi connectivity index (χ1) is 10.9. The SMILES string of the molecule is Cn1c(C(=O)NC(CC(=O)O)c2ccc(F)cc2)cccc1=O. The van der Waals surface area contributed by atoms with Crippen LogP contribution in [0.2, 0.25) is 0 Å². The molecule has 0 bridgehead atoms. The van der Waals surface area contributed by atoms with E-state index in [0.29, 0.717) is 5.56 Å². The van der Waals surface area contributed by atoms with Crippen molar-refractivity contribution in [3.05, 3.63) is 69.9 Å². The monoisotopic (exact) mass is 318 g/mol. The Morgan fingerprint density at radius 2 is 1.87 bits per heavy atom. The topological polar surface area (TPSA) is 88.4 Å². The van der Waals surface area contributed by atoms with Gasteiger partial charge in [0.15, 0.2) is 0 Å². The average Bonchev–Trinajstić information content (AvgIpc) is 2.49. The zero-order valence-electron chi connectivity index (χ0n) is 12.3. The van der Waals surface area contributed by atoms with Crippen LogP contribution in [0.5, 0.6) is 0 Å². The summed E-state index contributed by atoms with van der Waals surface area (Å²) >= 11 is 0. The number of rotatable bonds is 5. The van der Waals surface area contributed by atoms with Crippen LogP contribution in [0, 0.1) is 5.82 Å². The summed E-state index contributed by atoms with van der Waals surface area (Å²) in [5, 5.41) is 11.6. The Bertz CT molecular complexity index is 783. The highest BCUT2D eigenvalue weighted by Crippen LogP contribution is 2.18. The third kappa shape index (κ3) is 4.03. The maximum Gasteiger partial charge on any atom is 0.305 e. The molecule has 6 nitrogen and oxygen atoms in total. The van der Waals surface area contributed by atoms with Gasteiger partial charge in [0.05, 0.1) is 12.5 Å². The molecular weight excluding hydrogens is 303 g/mol. The Kier molecular flexibility index (Phi) is 4.90. The van der Waals surface area contributed by atoms with Gasteiger partial charge in [0.25, 0.3) is 11.5 Å². The van der Waals surface area contributed by atoms with Gasteiger partial charge in [0.2, 0.25) is 0 Å². The first-order valence-electron chi connectivity index (χ1n) is 6.82. The molecule has 2 rings (SSSR count). The van der Waals surface area contributed by atoms with Crippen LogP contribution in [0.25, 0.3) is 0 Å². The Morgan fingerprint density at radius 3 is 2.48 bits per heavy atom. The normalized spacial score (nSPS) is 11.7. The van der Waals surface area contributed by atoms with Crippen LogP contribution >= 0.6 is 0 Å². The van der Waals surface area contributed by atoms with E-state index in [1.54, 1.807) is 0 Å². The number of hydrogen-bond acceptors (Lipinski definition) is 3. The number of nitrogens with one attached hydrogen (secondary N) is 1. The van der Waals surface area contributed by atoms with Crippen molar-refractivity contribution in [3.8, 4) is 0 Å². The maximum atomic E-state index is 13.0. The van der Waals surface area contributed by atoms with Gasteiger partial charge in [-0.15, -0.1) is 0 Å². The molecule has 1 amide bonds. The number of pyridine rings is 1. The minimum atomic E-state index is -1.11. The van der Waals surface area contributed by atoms with Gasteiger partial charge in [0.1, 0.15) is 11.5 Å². The van der Waals surface area contributed by atoms with E-state index in [1.165, 1.54) is 49.5 Å². The lowest BCUT2D eigenvalue weighted by molar-refractivity contribution is -0.137. The molecule has 120 valence electrons. The molecule has 0 fully saturated rings. The molecule has 7 heteroatoms. The van der Waals surface area contributed by atoms with E-state index in [0.717, 1.165) is 4.57 Å². The summed E-state index contributed by atoms with van der Waals surface area (Å²) in [5.74, 6) is -2.15. The summed E-state index contributed by atoms with van der Waals surface area (Å²) in [6.07, 6.45) is -0.363. The van der Waals surface area contributed by atoms with E-state index in [1.807, 2.05) is 0 Å². The van der Waals surface area contributed by atoms with Crippen molar-refractivity contribution in [2.75, 3.05) is 0 Å². The zero-order valence-corrected chi connectivity index (χ0v) is 12.3. The van der Waals surface area contributed by atoms with Gasteiger partial charge in [-0.25, -0.2) is 4.39 Å². The van der Waals surface area contributed by atoms with E-state index in [4.69, 9.17) is 5.11 Å². The van der Waals surface area contributed by atoms with Gasteiger partial charge in [-0.05, 0) is 23.8 Å². The molecular formula is C16H15FN2O4. The minimum absolute atomic E-state index is 0.106. The van der Waals surface area contributed by atoms with Crippen LogP contribution in [-0.4, -0.2) is 21.6 Å². The quantitative estimate of drug-likeness (QED) is 0.874. The predicted octanol–water partition coefficient (Wildman–Crippen LogP) is 1.47. The minimum Gasteiger partial charge on any atom is -0.481 e. The van der Waals surface area contributed by atoms with Gasteiger partial charge in [-0.3, -0.25) is 14.4 Å². The molecule has 0 saturated carbocycles. The van der Waals surface area contributed by atoms with Gasteiger partial charge in [0, 0.05) is 13.1 Å². The third-order valence-corrected chi connectivity index (χ3v) is 3.37. The van der Waals surface area contributed by atoms with E-state index < -0.39 is 23.7 Å². The summed E-state index contributed by atoms with van der Waals surface area (Å²) < 4.78 is 14.2. The van der Waals surface area contributed by atoms with Crippen LogP contribution in [0.15, 0.2) is 47.3 Å². The number of carboxylic acid groups (broad SMARTS) is 1. The fourth-order valence-corrected chi connectivity index (χ4v) is 2.15. The number of aromatic nitrogens is 1. The molecule has 2 aromatic rings. The van der Waals surface area contributed by atoms with E-state index >= 15 is 0 Å². The number of carbonyl (C=O) groups is 2. The van der Waals surface area contributed by atoms with Gasteiger partial charge < -0.3 is 15.0 Å². The number of benzene rings is 1. The number of carbonyl (C=O) groups excluding carboxylic acids is 1. The fraction of sp³-hybridized carbons (Fsp3) is 0.188. The highest BCUT2D eigenvalue weighted by molar-refractivity contribution is 5.93. The average molecular weight is 318 g/mol. The van der Waals surface area contributed by atoms with Crippen molar-refractivity contribution in [1.82, 2.24) is 9.88 Å². The lowest BCUT2D eigenvalue weighted by Crippen LogP contribution is -2.34. The number of nitrogens with zero attached hydrogens (tertiary/aromatic N) is 1.